The van der Waals surface area contributed by atoms with E-state index in [1.54, 1.807) is 25.4 Å². The maximum absolute atomic E-state index is 12.5. The molecule has 1 saturated carbocycles. The number of carbonyl (C=O) groups excluding carboxylic acids is 1. The van der Waals surface area contributed by atoms with Gasteiger partial charge in [-0.25, -0.2) is 13.4 Å². The fourth-order valence-electron chi connectivity index (χ4n) is 4.25. The predicted molar refractivity (Wildman–Crippen MR) is 121 cm³/mol. The summed E-state index contributed by atoms with van der Waals surface area (Å²) in [6.45, 7) is 0. The molecular weight excluding hydrogens is 416 g/mol. The van der Waals surface area contributed by atoms with E-state index in [4.69, 9.17) is 10.5 Å². The molecule has 1 fully saturated rings. The van der Waals surface area contributed by atoms with E-state index in [1.165, 1.54) is 0 Å². The molecule has 9 heteroatoms. The Morgan fingerprint density at radius 1 is 1.23 bits per heavy atom. The number of anilines is 1. The quantitative estimate of drug-likeness (QED) is 0.572. The Morgan fingerprint density at radius 3 is 2.42 bits per heavy atom. The molecule has 1 aromatic carbocycles. The lowest BCUT2D eigenvalue weighted by Crippen LogP contribution is -2.45. The van der Waals surface area contributed by atoms with Gasteiger partial charge < -0.3 is 15.8 Å². The molecule has 0 aliphatic heterocycles. The first-order valence-corrected chi connectivity index (χ1v) is 12.1. The number of primary amides is 1. The standard InChI is InChI=1S/C22H30N4O4S/c1-24-18-8-10-22(11-9-18,21(23)27)13-17-12-15(4-6-19(17)30-2)16-5-7-20(25-14-16)26-31(3,28)29/h4-7,12,14,18,24H,8-11,13H2,1-3H3,(H2,23,27)(H,25,26). The SMILES string of the molecule is CNC1CCC(Cc2cc(-c3ccc(NS(C)(=O)=O)nc3)ccc2OC)(C(N)=O)CC1. The number of nitrogens with one attached hydrogen (secondary N) is 2. The van der Waals surface area contributed by atoms with Gasteiger partial charge in [0.25, 0.3) is 0 Å². The Balaban J connectivity index is 1.89. The second-order valence-electron chi connectivity index (χ2n) is 8.22. The number of amides is 1. The van der Waals surface area contributed by atoms with E-state index in [-0.39, 0.29) is 11.7 Å². The number of carbonyl (C=O) groups is 1. The summed E-state index contributed by atoms with van der Waals surface area (Å²) in [7, 11) is 0.170. The minimum absolute atomic E-state index is 0.258. The molecule has 168 valence electrons. The van der Waals surface area contributed by atoms with Gasteiger partial charge >= 0.3 is 0 Å². The molecular formula is C22H30N4O4S. The summed E-state index contributed by atoms with van der Waals surface area (Å²) in [6.07, 6.45) is 6.47. The summed E-state index contributed by atoms with van der Waals surface area (Å²) in [5, 5.41) is 3.29. The van der Waals surface area contributed by atoms with Crippen LogP contribution in [0.2, 0.25) is 0 Å². The molecule has 1 amide bonds. The molecule has 1 heterocycles. The molecule has 2 aromatic rings. The predicted octanol–water partition coefficient (Wildman–Crippen LogP) is 2.30. The highest BCUT2D eigenvalue weighted by molar-refractivity contribution is 7.92. The number of nitrogens with zero attached hydrogens (tertiary/aromatic N) is 1. The molecule has 0 spiro atoms. The van der Waals surface area contributed by atoms with Crippen molar-refractivity contribution in [3.05, 3.63) is 42.1 Å². The third kappa shape index (κ3) is 5.54. The second-order valence-corrected chi connectivity index (χ2v) is 9.97. The minimum Gasteiger partial charge on any atom is -0.496 e. The van der Waals surface area contributed by atoms with Crippen molar-refractivity contribution in [2.24, 2.45) is 11.1 Å². The topological polar surface area (TPSA) is 123 Å². The maximum atomic E-state index is 12.5. The maximum Gasteiger partial charge on any atom is 0.230 e. The van der Waals surface area contributed by atoms with Crippen LogP contribution in [0.25, 0.3) is 11.1 Å². The number of pyridine rings is 1. The fourth-order valence-corrected chi connectivity index (χ4v) is 4.75. The van der Waals surface area contributed by atoms with Gasteiger partial charge in [-0.15, -0.1) is 0 Å². The largest absolute Gasteiger partial charge is 0.496 e. The highest BCUT2D eigenvalue weighted by Gasteiger charge is 2.40. The fraction of sp³-hybridized carbons (Fsp3) is 0.455. The summed E-state index contributed by atoms with van der Waals surface area (Å²) in [5.41, 5.74) is 7.93. The lowest BCUT2D eigenvalue weighted by atomic mass is 9.68. The van der Waals surface area contributed by atoms with Gasteiger partial charge in [-0.1, -0.05) is 6.07 Å². The molecule has 1 aliphatic carbocycles. The number of nitrogens with two attached hydrogens (primary N) is 1. The van der Waals surface area contributed by atoms with E-state index in [2.05, 4.69) is 15.0 Å². The number of hydrogen-bond donors (Lipinski definition) is 3. The third-order valence-corrected chi connectivity index (χ3v) is 6.65. The molecule has 0 atom stereocenters. The summed E-state index contributed by atoms with van der Waals surface area (Å²) in [6, 6.07) is 9.61. The van der Waals surface area contributed by atoms with Crippen LogP contribution < -0.4 is 20.5 Å². The first kappa shape index (κ1) is 23.0. The van der Waals surface area contributed by atoms with Crippen molar-refractivity contribution in [3.63, 3.8) is 0 Å². The number of benzene rings is 1. The van der Waals surface area contributed by atoms with Gasteiger partial charge in [0.2, 0.25) is 15.9 Å². The number of rotatable bonds is 8. The van der Waals surface area contributed by atoms with E-state index < -0.39 is 15.4 Å². The zero-order chi connectivity index (χ0) is 22.6. The van der Waals surface area contributed by atoms with Gasteiger partial charge in [0.05, 0.1) is 18.8 Å². The van der Waals surface area contributed by atoms with Crippen LogP contribution in [0.3, 0.4) is 0 Å². The normalized spacial score (nSPS) is 21.5. The molecule has 1 aromatic heterocycles. The van der Waals surface area contributed by atoms with E-state index in [9.17, 15) is 13.2 Å². The zero-order valence-electron chi connectivity index (χ0n) is 18.1. The second kappa shape index (κ2) is 9.23. The van der Waals surface area contributed by atoms with Crippen molar-refractivity contribution in [3.8, 4) is 16.9 Å². The van der Waals surface area contributed by atoms with Crippen molar-refractivity contribution < 1.29 is 17.9 Å². The number of methoxy groups -OCH3 is 1. The minimum atomic E-state index is -3.39. The van der Waals surface area contributed by atoms with Crippen molar-refractivity contribution in [2.45, 2.75) is 38.1 Å². The average Bonchev–Trinajstić information content (AvgIpc) is 2.73. The van der Waals surface area contributed by atoms with E-state index in [0.29, 0.717) is 18.2 Å². The first-order valence-electron chi connectivity index (χ1n) is 10.2. The molecule has 0 unspecified atom stereocenters. The van der Waals surface area contributed by atoms with Crippen molar-refractivity contribution in [2.75, 3.05) is 25.1 Å². The van der Waals surface area contributed by atoms with Gasteiger partial charge in [0, 0.05) is 17.8 Å². The van der Waals surface area contributed by atoms with E-state index >= 15 is 0 Å². The van der Waals surface area contributed by atoms with Gasteiger partial charge in [-0.3, -0.25) is 9.52 Å². The molecule has 0 radical (unpaired) electrons. The van der Waals surface area contributed by atoms with Crippen molar-refractivity contribution in [1.29, 1.82) is 0 Å². The molecule has 31 heavy (non-hydrogen) atoms. The summed E-state index contributed by atoms with van der Waals surface area (Å²) >= 11 is 0. The van der Waals surface area contributed by atoms with Crippen LogP contribution in [-0.2, 0) is 21.2 Å². The van der Waals surface area contributed by atoms with Gasteiger partial charge in [0.1, 0.15) is 11.6 Å². The van der Waals surface area contributed by atoms with Crippen molar-refractivity contribution in [1.82, 2.24) is 10.3 Å². The number of hydrogen-bond acceptors (Lipinski definition) is 6. The average molecular weight is 447 g/mol. The lowest BCUT2D eigenvalue weighted by molar-refractivity contribution is -0.129. The third-order valence-electron chi connectivity index (χ3n) is 6.07. The lowest BCUT2D eigenvalue weighted by Gasteiger charge is -2.38. The zero-order valence-corrected chi connectivity index (χ0v) is 19.0. The van der Waals surface area contributed by atoms with Crippen LogP contribution in [0, 0.1) is 5.41 Å². The Morgan fingerprint density at radius 2 is 1.90 bits per heavy atom. The monoisotopic (exact) mass is 446 g/mol. The van der Waals surface area contributed by atoms with Crippen LogP contribution in [0.15, 0.2) is 36.5 Å². The Labute approximate surface area is 183 Å². The number of ether oxygens (including phenoxy) is 1. The number of aromatic nitrogens is 1. The van der Waals surface area contributed by atoms with E-state index in [1.807, 2.05) is 25.2 Å². The summed E-state index contributed by atoms with van der Waals surface area (Å²) in [5.74, 6) is 0.699. The van der Waals surface area contributed by atoms with Crippen LogP contribution in [0.5, 0.6) is 5.75 Å². The Bertz CT molecular complexity index is 1030. The van der Waals surface area contributed by atoms with Crippen molar-refractivity contribution >= 4 is 21.7 Å². The van der Waals surface area contributed by atoms with Crippen LogP contribution in [-0.4, -0.2) is 45.8 Å². The van der Waals surface area contributed by atoms with E-state index in [0.717, 1.165) is 48.6 Å². The molecule has 3 rings (SSSR count). The smallest absolute Gasteiger partial charge is 0.230 e. The molecule has 8 nitrogen and oxygen atoms in total. The number of sulfonamides is 1. The molecule has 1 aliphatic rings. The van der Waals surface area contributed by atoms with Gasteiger partial charge in [0.15, 0.2) is 0 Å². The first-order chi connectivity index (χ1) is 14.7. The highest BCUT2D eigenvalue weighted by Crippen LogP contribution is 2.41. The Kier molecular flexibility index (Phi) is 6.86. The van der Waals surface area contributed by atoms with Gasteiger partial charge in [-0.2, -0.15) is 0 Å². The molecule has 4 N–H and O–H groups in total. The van der Waals surface area contributed by atoms with Crippen LogP contribution >= 0.6 is 0 Å². The highest BCUT2D eigenvalue weighted by atomic mass is 32.2. The van der Waals surface area contributed by atoms with Crippen LogP contribution in [0.4, 0.5) is 5.82 Å². The molecule has 0 bridgehead atoms. The summed E-state index contributed by atoms with van der Waals surface area (Å²) in [4.78, 5) is 16.7. The van der Waals surface area contributed by atoms with Gasteiger partial charge in [-0.05, 0) is 74.5 Å². The summed E-state index contributed by atoms with van der Waals surface area (Å²) < 4.78 is 30.7. The Hall–Kier alpha value is -2.65. The van der Waals surface area contributed by atoms with Crippen LogP contribution in [0.1, 0.15) is 31.2 Å². The molecule has 0 saturated heterocycles.